The molecule has 5 atom stereocenters. The number of benzene rings is 1. The van der Waals surface area contributed by atoms with Crippen molar-refractivity contribution >= 4 is 11.9 Å². The second kappa shape index (κ2) is 5.46. The van der Waals surface area contributed by atoms with Crippen LogP contribution in [0.2, 0.25) is 0 Å². The largest absolute Gasteiger partial charge is 0.457 e. The SMILES string of the molecule is CC(=O)OC(c1ccccc1)C1OC2CC(=O)OC2C1O. The number of ether oxygens (including phenoxy) is 3. The highest BCUT2D eigenvalue weighted by atomic mass is 16.6. The second-order valence-corrected chi connectivity index (χ2v) is 5.23. The Morgan fingerprint density at radius 2 is 2.10 bits per heavy atom. The molecule has 112 valence electrons. The standard InChI is InChI=1S/C15H16O6/c1-8(16)19-13(9-5-3-2-4-6-9)15-12(18)14-10(20-15)7-11(17)21-14/h2-6,10,12-15,18H,7H2,1H3. The van der Waals surface area contributed by atoms with E-state index in [9.17, 15) is 14.7 Å². The van der Waals surface area contributed by atoms with E-state index in [1.54, 1.807) is 12.1 Å². The van der Waals surface area contributed by atoms with Gasteiger partial charge < -0.3 is 19.3 Å². The van der Waals surface area contributed by atoms with Crippen LogP contribution in [0.3, 0.4) is 0 Å². The first-order chi connectivity index (χ1) is 10.1. The Hall–Kier alpha value is -1.92. The van der Waals surface area contributed by atoms with Gasteiger partial charge in [0, 0.05) is 6.92 Å². The number of rotatable bonds is 3. The molecule has 2 saturated heterocycles. The van der Waals surface area contributed by atoms with Gasteiger partial charge in [0.15, 0.2) is 12.2 Å². The Morgan fingerprint density at radius 1 is 1.38 bits per heavy atom. The molecule has 6 nitrogen and oxygen atoms in total. The molecule has 1 N–H and O–H groups in total. The Labute approximate surface area is 121 Å². The smallest absolute Gasteiger partial charge is 0.309 e. The second-order valence-electron chi connectivity index (χ2n) is 5.23. The van der Waals surface area contributed by atoms with Gasteiger partial charge in [-0.3, -0.25) is 9.59 Å². The van der Waals surface area contributed by atoms with Gasteiger partial charge in [0.25, 0.3) is 0 Å². The zero-order valence-electron chi connectivity index (χ0n) is 11.5. The summed E-state index contributed by atoms with van der Waals surface area (Å²) in [5.41, 5.74) is 0.725. The van der Waals surface area contributed by atoms with E-state index in [2.05, 4.69) is 0 Å². The van der Waals surface area contributed by atoms with E-state index in [-0.39, 0.29) is 12.4 Å². The van der Waals surface area contributed by atoms with E-state index >= 15 is 0 Å². The summed E-state index contributed by atoms with van der Waals surface area (Å²) in [5, 5.41) is 10.3. The number of carbonyl (C=O) groups is 2. The van der Waals surface area contributed by atoms with Crippen LogP contribution in [-0.2, 0) is 23.8 Å². The minimum absolute atomic E-state index is 0.111. The molecule has 1 aromatic carbocycles. The van der Waals surface area contributed by atoms with Crippen molar-refractivity contribution in [3.63, 3.8) is 0 Å². The molecule has 6 heteroatoms. The summed E-state index contributed by atoms with van der Waals surface area (Å²) in [6, 6.07) is 9.06. The number of carbonyl (C=O) groups excluding carboxylic acids is 2. The Kier molecular flexibility index (Phi) is 3.65. The highest BCUT2D eigenvalue weighted by Gasteiger charge is 2.54. The summed E-state index contributed by atoms with van der Waals surface area (Å²) >= 11 is 0. The molecule has 0 aliphatic carbocycles. The molecule has 2 aliphatic rings. The summed E-state index contributed by atoms with van der Waals surface area (Å²) in [6.45, 7) is 1.30. The molecule has 0 aromatic heterocycles. The van der Waals surface area contributed by atoms with Crippen molar-refractivity contribution in [1.29, 1.82) is 0 Å². The fourth-order valence-corrected chi connectivity index (χ4v) is 2.84. The zero-order valence-corrected chi connectivity index (χ0v) is 11.5. The van der Waals surface area contributed by atoms with Crippen molar-refractivity contribution in [3.05, 3.63) is 35.9 Å². The van der Waals surface area contributed by atoms with E-state index in [4.69, 9.17) is 14.2 Å². The first-order valence-corrected chi connectivity index (χ1v) is 6.81. The van der Waals surface area contributed by atoms with Crippen molar-refractivity contribution < 1.29 is 28.9 Å². The Morgan fingerprint density at radius 3 is 2.71 bits per heavy atom. The van der Waals surface area contributed by atoms with Crippen molar-refractivity contribution in [2.45, 2.75) is 43.9 Å². The third-order valence-corrected chi connectivity index (χ3v) is 3.73. The summed E-state index contributed by atoms with van der Waals surface area (Å²) in [7, 11) is 0. The van der Waals surface area contributed by atoms with Crippen LogP contribution >= 0.6 is 0 Å². The maximum Gasteiger partial charge on any atom is 0.309 e. The number of esters is 2. The first kappa shape index (κ1) is 14.0. The van der Waals surface area contributed by atoms with E-state index in [1.165, 1.54) is 6.92 Å². The maximum absolute atomic E-state index is 11.3. The highest BCUT2D eigenvalue weighted by molar-refractivity contribution is 5.73. The van der Waals surface area contributed by atoms with Crippen LogP contribution in [-0.4, -0.2) is 41.5 Å². The molecule has 0 bridgehead atoms. The Balaban J connectivity index is 1.84. The summed E-state index contributed by atoms with van der Waals surface area (Å²) < 4.78 is 16.1. The van der Waals surface area contributed by atoms with Gasteiger partial charge in [-0.2, -0.15) is 0 Å². The van der Waals surface area contributed by atoms with Gasteiger partial charge in [0.05, 0.1) is 6.42 Å². The number of hydrogen-bond acceptors (Lipinski definition) is 6. The van der Waals surface area contributed by atoms with Gasteiger partial charge in [-0.05, 0) is 5.56 Å². The van der Waals surface area contributed by atoms with Crippen molar-refractivity contribution in [1.82, 2.24) is 0 Å². The van der Waals surface area contributed by atoms with Gasteiger partial charge in [-0.15, -0.1) is 0 Å². The molecule has 2 heterocycles. The molecular formula is C15H16O6. The number of aliphatic hydroxyl groups excluding tert-OH is 1. The van der Waals surface area contributed by atoms with Crippen molar-refractivity contribution in [3.8, 4) is 0 Å². The van der Waals surface area contributed by atoms with E-state index < -0.39 is 36.5 Å². The molecule has 0 saturated carbocycles. The minimum Gasteiger partial charge on any atom is -0.457 e. The lowest BCUT2D eigenvalue weighted by molar-refractivity contribution is -0.162. The lowest BCUT2D eigenvalue weighted by Crippen LogP contribution is -2.37. The van der Waals surface area contributed by atoms with E-state index in [0.717, 1.165) is 5.56 Å². The minimum atomic E-state index is -1.02. The molecule has 1 aromatic rings. The summed E-state index contributed by atoms with van der Waals surface area (Å²) in [6.07, 6.45) is -3.57. The normalized spacial score (nSPS) is 32.4. The fraction of sp³-hybridized carbons (Fsp3) is 0.467. The number of hydrogen-bond donors (Lipinski definition) is 1. The van der Waals surface area contributed by atoms with Gasteiger partial charge in [0.2, 0.25) is 0 Å². The maximum atomic E-state index is 11.3. The topological polar surface area (TPSA) is 82.1 Å². The van der Waals surface area contributed by atoms with Crippen LogP contribution in [0.15, 0.2) is 30.3 Å². The summed E-state index contributed by atoms with van der Waals surface area (Å²) in [5.74, 6) is -0.847. The van der Waals surface area contributed by atoms with E-state index in [1.807, 2.05) is 18.2 Å². The quantitative estimate of drug-likeness (QED) is 0.827. The average Bonchev–Trinajstić information content (AvgIpc) is 2.95. The molecular weight excluding hydrogens is 276 g/mol. The predicted octanol–water partition coefficient (Wildman–Crippen LogP) is 0.735. The molecule has 0 radical (unpaired) electrons. The average molecular weight is 292 g/mol. The molecule has 21 heavy (non-hydrogen) atoms. The van der Waals surface area contributed by atoms with Crippen LogP contribution < -0.4 is 0 Å². The lowest BCUT2D eigenvalue weighted by Gasteiger charge is -2.26. The predicted molar refractivity (Wildman–Crippen MR) is 70.1 cm³/mol. The highest BCUT2D eigenvalue weighted by Crippen LogP contribution is 2.38. The zero-order chi connectivity index (χ0) is 15.0. The van der Waals surface area contributed by atoms with Crippen LogP contribution in [0.5, 0.6) is 0 Å². The van der Waals surface area contributed by atoms with Gasteiger partial charge in [-0.1, -0.05) is 30.3 Å². The molecule has 2 aliphatic heterocycles. The van der Waals surface area contributed by atoms with E-state index in [0.29, 0.717) is 0 Å². The fourth-order valence-electron chi connectivity index (χ4n) is 2.84. The molecule has 0 spiro atoms. The Bertz CT molecular complexity index is 542. The van der Waals surface area contributed by atoms with Gasteiger partial charge in [-0.25, -0.2) is 0 Å². The van der Waals surface area contributed by atoms with Crippen molar-refractivity contribution in [2.75, 3.05) is 0 Å². The van der Waals surface area contributed by atoms with Crippen LogP contribution in [0.25, 0.3) is 0 Å². The molecule has 3 rings (SSSR count). The van der Waals surface area contributed by atoms with Crippen LogP contribution in [0.4, 0.5) is 0 Å². The van der Waals surface area contributed by atoms with Crippen molar-refractivity contribution in [2.24, 2.45) is 0 Å². The monoisotopic (exact) mass is 292 g/mol. The lowest BCUT2D eigenvalue weighted by atomic mass is 9.98. The number of aliphatic hydroxyl groups is 1. The molecule has 0 amide bonds. The van der Waals surface area contributed by atoms with Gasteiger partial charge >= 0.3 is 11.9 Å². The summed E-state index contributed by atoms with van der Waals surface area (Å²) in [4.78, 5) is 22.6. The number of fused-ring (bicyclic) bond motifs is 1. The molecule has 5 unspecified atom stereocenters. The van der Waals surface area contributed by atoms with Crippen LogP contribution in [0, 0.1) is 0 Å². The third kappa shape index (κ3) is 2.64. The molecule has 2 fully saturated rings. The first-order valence-electron chi connectivity index (χ1n) is 6.81. The van der Waals surface area contributed by atoms with Gasteiger partial charge in [0.1, 0.15) is 18.3 Å². The third-order valence-electron chi connectivity index (χ3n) is 3.73. The van der Waals surface area contributed by atoms with Crippen LogP contribution in [0.1, 0.15) is 25.0 Å².